The topological polar surface area (TPSA) is 62.0 Å². The van der Waals surface area contributed by atoms with Gasteiger partial charge in [0.1, 0.15) is 5.82 Å². The van der Waals surface area contributed by atoms with Gasteiger partial charge in [0.15, 0.2) is 0 Å². The van der Waals surface area contributed by atoms with Crippen molar-refractivity contribution in [1.29, 1.82) is 5.26 Å². The number of aromatic nitrogens is 2. The van der Waals surface area contributed by atoms with Crippen LogP contribution in [-0.2, 0) is 4.74 Å². The molecule has 0 radical (unpaired) electrons. The first kappa shape index (κ1) is 13.4. The zero-order valence-electron chi connectivity index (χ0n) is 10.6. The molecule has 0 atom stereocenters. The smallest absolute Gasteiger partial charge is 0.150 e. The van der Waals surface area contributed by atoms with Gasteiger partial charge in [0, 0.05) is 26.4 Å². The van der Waals surface area contributed by atoms with E-state index >= 15 is 0 Å². The van der Waals surface area contributed by atoms with E-state index in [-0.39, 0.29) is 0 Å². The number of nitriles is 1. The third kappa shape index (κ3) is 4.00. The summed E-state index contributed by atoms with van der Waals surface area (Å²) in [5, 5.41) is 8.67. The van der Waals surface area contributed by atoms with E-state index in [0.29, 0.717) is 19.6 Å². The molecule has 0 saturated heterocycles. The highest BCUT2D eigenvalue weighted by Gasteiger charge is 2.11. The standard InChI is InChI=1S/C12H18N4O/c1-10-9-14-11(2)12(15-10)16(6-4-5-13)7-8-17-3/h9H,4,6-8H2,1-3H3. The van der Waals surface area contributed by atoms with Crippen molar-refractivity contribution >= 4 is 5.82 Å². The van der Waals surface area contributed by atoms with E-state index in [1.54, 1.807) is 13.3 Å². The highest BCUT2D eigenvalue weighted by atomic mass is 16.5. The normalized spacial score (nSPS) is 10.0. The van der Waals surface area contributed by atoms with Gasteiger partial charge < -0.3 is 9.64 Å². The molecule has 0 amide bonds. The molecule has 1 aromatic heterocycles. The zero-order valence-corrected chi connectivity index (χ0v) is 10.6. The molecular formula is C12H18N4O. The zero-order chi connectivity index (χ0) is 12.7. The summed E-state index contributed by atoms with van der Waals surface area (Å²) in [6, 6.07) is 2.15. The predicted octanol–water partition coefficient (Wildman–Crippen LogP) is 1.46. The number of ether oxygens (including phenoxy) is 1. The van der Waals surface area contributed by atoms with Crippen LogP contribution in [0.25, 0.3) is 0 Å². The summed E-state index contributed by atoms with van der Waals surface area (Å²) in [5.74, 6) is 0.845. The van der Waals surface area contributed by atoms with Gasteiger partial charge in [-0.05, 0) is 13.8 Å². The van der Waals surface area contributed by atoms with Gasteiger partial charge in [-0.15, -0.1) is 0 Å². The summed E-state index contributed by atoms with van der Waals surface area (Å²) in [6.07, 6.45) is 2.22. The van der Waals surface area contributed by atoms with Crippen LogP contribution < -0.4 is 4.90 Å². The summed E-state index contributed by atoms with van der Waals surface area (Å²) in [7, 11) is 1.66. The Morgan fingerprint density at radius 1 is 1.41 bits per heavy atom. The quantitative estimate of drug-likeness (QED) is 0.745. The third-order valence-corrected chi connectivity index (χ3v) is 2.41. The Morgan fingerprint density at radius 2 is 2.18 bits per heavy atom. The Kier molecular flexibility index (Phi) is 5.37. The number of nitrogens with zero attached hydrogens (tertiary/aromatic N) is 4. The largest absolute Gasteiger partial charge is 0.383 e. The first-order valence-corrected chi connectivity index (χ1v) is 5.60. The lowest BCUT2D eigenvalue weighted by Gasteiger charge is -2.23. The molecule has 0 unspecified atom stereocenters. The fourth-order valence-corrected chi connectivity index (χ4v) is 1.53. The monoisotopic (exact) mass is 234 g/mol. The summed E-state index contributed by atoms with van der Waals surface area (Å²) in [6.45, 7) is 5.82. The molecule has 0 aliphatic heterocycles. The van der Waals surface area contributed by atoms with Crippen LogP contribution in [-0.4, -0.2) is 36.8 Å². The van der Waals surface area contributed by atoms with Crippen molar-refractivity contribution in [1.82, 2.24) is 9.97 Å². The second-order valence-electron chi connectivity index (χ2n) is 3.81. The van der Waals surface area contributed by atoms with Crippen molar-refractivity contribution in [3.63, 3.8) is 0 Å². The number of rotatable bonds is 6. The van der Waals surface area contributed by atoms with Crippen molar-refractivity contribution in [2.45, 2.75) is 20.3 Å². The molecule has 0 N–H and O–H groups in total. The van der Waals surface area contributed by atoms with Gasteiger partial charge in [0.25, 0.3) is 0 Å². The number of hydrogen-bond acceptors (Lipinski definition) is 5. The first-order chi connectivity index (χ1) is 8.19. The van der Waals surface area contributed by atoms with E-state index in [2.05, 4.69) is 16.0 Å². The highest BCUT2D eigenvalue weighted by molar-refractivity contribution is 5.43. The Morgan fingerprint density at radius 3 is 2.82 bits per heavy atom. The van der Waals surface area contributed by atoms with Gasteiger partial charge >= 0.3 is 0 Å². The minimum Gasteiger partial charge on any atom is -0.383 e. The van der Waals surface area contributed by atoms with Crippen LogP contribution in [0.2, 0.25) is 0 Å². The molecule has 0 aromatic carbocycles. The average Bonchev–Trinajstić information content (AvgIpc) is 2.33. The predicted molar refractivity (Wildman–Crippen MR) is 65.8 cm³/mol. The molecule has 5 nitrogen and oxygen atoms in total. The molecular weight excluding hydrogens is 216 g/mol. The van der Waals surface area contributed by atoms with Crippen LogP contribution in [0.5, 0.6) is 0 Å². The maximum absolute atomic E-state index is 8.67. The molecule has 0 bridgehead atoms. The van der Waals surface area contributed by atoms with Gasteiger partial charge in [-0.3, -0.25) is 4.98 Å². The van der Waals surface area contributed by atoms with Crippen molar-refractivity contribution in [3.05, 3.63) is 17.6 Å². The fourth-order valence-electron chi connectivity index (χ4n) is 1.53. The molecule has 0 aliphatic rings. The van der Waals surface area contributed by atoms with Crippen LogP contribution >= 0.6 is 0 Å². The maximum Gasteiger partial charge on any atom is 0.150 e. The van der Waals surface area contributed by atoms with E-state index in [9.17, 15) is 0 Å². The lowest BCUT2D eigenvalue weighted by molar-refractivity contribution is 0.205. The second kappa shape index (κ2) is 6.81. The van der Waals surface area contributed by atoms with E-state index in [1.165, 1.54) is 0 Å². The van der Waals surface area contributed by atoms with Crippen LogP contribution in [0.1, 0.15) is 17.8 Å². The van der Waals surface area contributed by atoms with Gasteiger partial charge in [0.2, 0.25) is 0 Å². The molecule has 0 fully saturated rings. The van der Waals surface area contributed by atoms with Gasteiger partial charge in [-0.2, -0.15) is 5.26 Å². The number of methoxy groups -OCH3 is 1. The van der Waals surface area contributed by atoms with E-state index in [1.807, 2.05) is 18.7 Å². The lowest BCUT2D eigenvalue weighted by atomic mass is 10.3. The van der Waals surface area contributed by atoms with Gasteiger partial charge in [-0.1, -0.05) is 0 Å². The van der Waals surface area contributed by atoms with Crippen molar-refractivity contribution in [2.75, 3.05) is 31.7 Å². The Bertz CT molecular complexity index is 400. The molecule has 1 aromatic rings. The fraction of sp³-hybridized carbons (Fsp3) is 0.583. The third-order valence-electron chi connectivity index (χ3n) is 2.41. The molecule has 1 heterocycles. The average molecular weight is 234 g/mol. The Balaban J connectivity index is 2.86. The SMILES string of the molecule is COCCN(CCC#N)c1nc(C)cnc1C. The summed E-state index contributed by atoms with van der Waals surface area (Å²) < 4.78 is 5.07. The van der Waals surface area contributed by atoms with Crippen LogP contribution in [0.4, 0.5) is 5.82 Å². The summed E-state index contributed by atoms with van der Waals surface area (Å²) >= 11 is 0. The molecule has 0 spiro atoms. The first-order valence-electron chi connectivity index (χ1n) is 5.60. The van der Waals surface area contributed by atoms with E-state index in [0.717, 1.165) is 23.8 Å². The van der Waals surface area contributed by atoms with Gasteiger partial charge in [0.05, 0.1) is 30.5 Å². The van der Waals surface area contributed by atoms with E-state index < -0.39 is 0 Å². The van der Waals surface area contributed by atoms with Gasteiger partial charge in [-0.25, -0.2) is 4.98 Å². The molecule has 17 heavy (non-hydrogen) atoms. The van der Waals surface area contributed by atoms with Crippen LogP contribution in [0.15, 0.2) is 6.20 Å². The van der Waals surface area contributed by atoms with Crippen LogP contribution in [0, 0.1) is 25.2 Å². The summed E-state index contributed by atoms with van der Waals surface area (Å²) in [5.41, 5.74) is 1.76. The molecule has 0 aliphatic carbocycles. The molecule has 0 saturated carbocycles. The van der Waals surface area contributed by atoms with Crippen molar-refractivity contribution in [3.8, 4) is 6.07 Å². The lowest BCUT2D eigenvalue weighted by Crippen LogP contribution is -2.30. The van der Waals surface area contributed by atoms with Crippen LogP contribution in [0.3, 0.4) is 0 Å². The van der Waals surface area contributed by atoms with E-state index in [4.69, 9.17) is 10.00 Å². The molecule has 92 valence electrons. The highest BCUT2D eigenvalue weighted by Crippen LogP contribution is 2.15. The number of aryl methyl sites for hydroxylation is 2. The number of hydrogen-bond donors (Lipinski definition) is 0. The van der Waals surface area contributed by atoms with Crippen molar-refractivity contribution < 1.29 is 4.74 Å². The molecule has 5 heteroatoms. The van der Waals surface area contributed by atoms with Crippen molar-refractivity contribution in [2.24, 2.45) is 0 Å². The second-order valence-corrected chi connectivity index (χ2v) is 3.81. The Labute approximate surface area is 102 Å². The maximum atomic E-state index is 8.67. The minimum atomic E-state index is 0.471. The summed E-state index contributed by atoms with van der Waals surface area (Å²) in [4.78, 5) is 10.8. The number of anilines is 1. The Hall–Kier alpha value is -1.67. The minimum absolute atomic E-state index is 0.471. The molecule has 1 rings (SSSR count).